The molecule has 0 atom stereocenters. The topological polar surface area (TPSA) is 47.6 Å². The molecule has 1 N–H and O–H groups in total. The van der Waals surface area contributed by atoms with Crippen LogP contribution in [0.5, 0.6) is 5.75 Å². The summed E-state index contributed by atoms with van der Waals surface area (Å²) in [4.78, 5) is 11.4. The van der Waals surface area contributed by atoms with Gasteiger partial charge < -0.3 is 9.47 Å². The molecular formula is C13H19NO3. The molecule has 0 aliphatic heterocycles. The summed E-state index contributed by atoms with van der Waals surface area (Å²) >= 11 is 0. The third-order valence-corrected chi connectivity index (χ3v) is 2.06. The molecule has 1 aromatic carbocycles. The van der Waals surface area contributed by atoms with Crippen LogP contribution in [0.1, 0.15) is 26.3 Å². The van der Waals surface area contributed by atoms with E-state index in [4.69, 9.17) is 9.47 Å². The van der Waals surface area contributed by atoms with E-state index < -0.39 is 6.09 Å². The predicted molar refractivity (Wildman–Crippen MR) is 67.6 cm³/mol. The van der Waals surface area contributed by atoms with Crippen LogP contribution in [0.2, 0.25) is 0 Å². The molecule has 94 valence electrons. The molecule has 0 heterocycles. The lowest BCUT2D eigenvalue weighted by atomic mass is 10.2. The van der Waals surface area contributed by atoms with E-state index in [0.29, 0.717) is 12.3 Å². The highest BCUT2D eigenvalue weighted by Crippen LogP contribution is 2.22. The highest BCUT2D eigenvalue weighted by molar-refractivity contribution is 5.84. The van der Waals surface area contributed by atoms with Crippen molar-refractivity contribution in [3.05, 3.63) is 23.8 Å². The lowest BCUT2D eigenvalue weighted by Crippen LogP contribution is -2.18. The number of nitrogens with one attached hydrogen (secondary N) is 1. The molecular weight excluding hydrogens is 218 g/mol. The minimum absolute atomic E-state index is 0.126. The summed E-state index contributed by atoms with van der Waals surface area (Å²) in [5.74, 6) is 0.829. The molecule has 0 aliphatic rings. The zero-order valence-electron chi connectivity index (χ0n) is 10.7. The molecule has 0 aliphatic carbocycles. The standard InChI is InChI=1S/C13H19NO3/c1-5-16-12-7-6-11(8-10(12)4)14-13(15)17-9(2)3/h6-9H,5H2,1-4H3,(H,14,15). The average Bonchev–Trinajstić information content (AvgIpc) is 2.21. The van der Waals surface area contributed by atoms with Crippen molar-refractivity contribution in [1.29, 1.82) is 0 Å². The third-order valence-electron chi connectivity index (χ3n) is 2.06. The van der Waals surface area contributed by atoms with Gasteiger partial charge in [-0.2, -0.15) is 0 Å². The van der Waals surface area contributed by atoms with Gasteiger partial charge in [0.25, 0.3) is 0 Å². The zero-order chi connectivity index (χ0) is 12.8. The van der Waals surface area contributed by atoms with E-state index in [1.165, 1.54) is 0 Å². The molecule has 1 rings (SSSR count). The van der Waals surface area contributed by atoms with Crippen LogP contribution in [0.15, 0.2) is 18.2 Å². The van der Waals surface area contributed by atoms with Crippen molar-refractivity contribution in [2.45, 2.75) is 33.8 Å². The quantitative estimate of drug-likeness (QED) is 0.873. The first-order valence-electron chi connectivity index (χ1n) is 5.74. The summed E-state index contributed by atoms with van der Waals surface area (Å²) < 4.78 is 10.4. The fraction of sp³-hybridized carbons (Fsp3) is 0.462. The van der Waals surface area contributed by atoms with Gasteiger partial charge in [-0.15, -0.1) is 0 Å². The van der Waals surface area contributed by atoms with Crippen LogP contribution in [-0.2, 0) is 4.74 Å². The van der Waals surface area contributed by atoms with Crippen molar-refractivity contribution in [3.63, 3.8) is 0 Å². The number of carbonyl (C=O) groups is 1. The summed E-state index contributed by atoms with van der Waals surface area (Å²) in [5.41, 5.74) is 1.69. The van der Waals surface area contributed by atoms with E-state index in [2.05, 4.69) is 5.32 Å². The van der Waals surface area contributed by atoms with Gasteiger partial charge in [-0.05, 0) is 51.5 Å². The third kappa shape index (κ3) is 4.34. The largest absolute Gasteiger partial charge is 0.494 e. The fourth-order valence-electron chi connectivity index (χ4n) is 1.41. The Balaban J connectivity index is 2.67. The Bertz CT molecular complexity index is 388. The summed E-state index contributed by atoms with van der Waals surface area (Å²) in [6, 6.07) is 5.48. The molecule has 4 heteroatoms. The summed E-state index contributed by atoms with van der Waals surface area (Å²) in [6.07, 6.45) is -0.567. The van der Waals surface area contributed by atoms with Crippen molar-refractivity contribution in [1.82, 2.24) is 0 Å². The second kappa shape index (κ2) is 6.13. The van der Waals surface area contributed by atoms with Crippen LogP contribution in [0.25, 0.3) is 0 Å². The number of carbonyl (C=O) groups excluding carboxylic acids is 1. The predicted octanol–water partition coefficient (Wildman–Crippen LogP) is 3.35. The minimum atomic E-state index is -0.441. The number of hydrogen-bond donors (Lipinski definition) is 1. The van der Waals surface area contributed by atoms with Crippen LogP contribution >= 0.6 is 0 Å². The highest BCUT2D eigenvalue weighted by Gasteiger charge is 2.07. The molecule has 0 saturated heterocycles. The number of benzene rings is 1. The smallest absolute Gasteiger partial charge is 0.411 e. The molecule has 0 bridgehead atoms. The summed E-state index contributed by atoms with van der Waals surface area (Å²) in [5, 5.41) is 2.67. The first-order valence-corrected chi connectivity index (χ1v) is 5.74. The van der Waals surface area contributed by atoms with Crippen molar-refractivity contribution < 1.29 is 14.3 Å². The summed E-state index contributed by atoms with van der Waals surface area (Å²) in [7, 11) is 0. The Morgan fingerprint density at radius 3 is 2.65 bits per heavy atom. The maximum Gasteiger partial charge on any atom is 0.411 e. The Hall–Kier alpha value is -1.71. The average molecular weight is 237 g/mol. The van der Waals surface area contributed by atoms with Gasteiger partial charge in [0.2, 0.25) is 0 Å². The SMILES string of the molecule is CCOc1ccc(NC(=O)OC(C)C)cc1C. The fourth-order valence-corrected chi connectivity index (χ4v) is 1.41. The molecule has 0 saturated carbocycles. The minimum Gasteiger partial charge on any atom is -0.494 e. The van der Waals surface area contributed by atoms with Gasteiger partial charge in [-0.3, -0.25) is 5.32 Å². The van der Waals surface area contributed by atoms with Gasteiger partial charge in [-0.1, -0.05) is 0 Å². The van der Waals surface area contributed by atoms with Gasteiger partial charge in [0.1, 0.15) is 5.75 Å². The number of ether oxygens (including phenoxy) is 2. The zero-order valence-corrected chi connectivity index (χ0v) is 10.7. The van der Waals surface area contributed by atoms with Crippen molar-refractivity contribution in [2.24, 2.45) is 0 Å². The first kappa shape index (κ1) is 13.4. The normalized spacial score (nSPS) is 10.2. The Morgan fingerprint density at radius 2 is 2.12 bits per heavy atom. The van der Waals surface area contributed by atoms with Crippen LogP contribution in [0, 0.1) is 6.92 Å². The van der Waals surface area contributed by atoms with E-state index in [-0.39, 0.29) is 6.10 Å². The van der Waals surface area contributed by atoms with E-state index in [1.54, 1.807) is 6.07 Å². The van der Waals surface area contributed by atoms with Gasteiger partial charge >= 0.3 is 6.09 Å². The molecule has 0 unspecified atom stereocenters. The molecule has 1 aromatic rings. The monoisotopic (exact) mass is 237 g/mol. The highest BCUT2D eigenvalue weighted by atomic mass is 16.6. The van der Waals surface area contributed by atoms with Gasteiger partial charge in [-0.25, -0.2) is 4.79 Å². The number of anilines is 1. The van der Waals surface area contributed by atoms with E-state index >= 15 is 0 Å². The van der Waals surface area contributed by atoms with Crippen LogP contribution < -0.4 is 10.1 Å². The maximum atomic E-state index is 11.4. The second-order valence-corrected chi connectivity index (χ2v) is 3.99. The Labute approximate surface area is 102 Å². The Kier molecular flexibility index (Phi) is 4.82. The lowest BCUT2D eigenvalue weighted by molar-refractivity contribution is 0.130. The molecule has 0 fully saturated rings. The molecule has 0 aromatic heterocycles. The van der Waals surface area contributed by atoms with Gasteiger partial charge in [0.05, 0.1) is 12.7 Å². The molecule has 1 amide bonds. The first-order chi connectivity index (χ1) is 8.02. The van der Waals surface area contributed by atoms with Crippen molar-refractivity contribution in [2.75, 3.05) is 11.9 Å². The molecule has 4 nitrogen and oxygen atoms in total. The van der Waals surface area contributed by atoms with Crippen molar-refractivity contribution in [3.8, 4) is 5.75 Å². The second-order valence-electron chi connectivity index (χ2n) is 3.99. The van der Waals surface area contributed by atoms with Crippen LogP contribution in [-0.4, -0.2) is 18.8 Å². The van der Waals surface area contributed by atoms with E-state index in [9.17, 15) is 4.79 Å². The Morgan fingerprint density at radius 1 is 1.41 bits per heavy atom. The number of hydrogen-bond acceptors (Lipinski definition) is 3. The van der Waals surface area contributed by atoms with Crippen LogP contribution in [0.3, 0.4) is 0 Å². The number of rotatable bonds is 4. The molecule has 0 radical (unpaired) electrons. The molecule has 0 spiro atoms. The van der Waals surface area contributed by atoms with Crippen molar-refractivity contribution >= 4 is 11.8 Å². The number of amides is 1. The van der Waals surface area contributed by atoms with Gasteiger partial charge in [0.15, 0.2) is 0 Å². The molecule has 17 heavy (non-hydrogen) atoms. The van der Waals surface area contributed by atoms with Gasteiger partial charge in [0, 0.05) is 5.69 Å². The van der Waals surface area contributed by atoms with E-state index in [0.717, 1.165) is 11.3 Å². The van der Waals surface area contributed by atoms with Crippen LogP contribution in [0.4, 0.5) is 10.5 Å². The lowest BCUT2D eigenvalue weighted by Gasteiger charge is -2.11. The van der Waals surface area contributed by atoms with E-state index in [1.807, 2.05) is 39.8 Å². The number of aryl methyl sites for hydroxylation is 1. The summed E-state index contributed by atoms with van der Waals surface area (Å²) in [6.45, 7) is 8.12. The maximum absolute atomic E-state index is 11.4.